The molecule has 0 saturated carbocycles. The Hall–Kier alpha value is -2.09. The molecule has 1 heterocycles. The van der Waals surface area contributed by atoms with Gasteiger partial charge in [0, 0.05) is 6.42 Å². The van der Waals surface area contributed by atoms with Crippen LogP contribution in [-0.4, -0.2) is 9.97 Å². The van der Waals surface area contributed by atoms with Crippen molar-refractivity contribution in [2.75, 3.05) is 0 Å². The highest BCUT2D eigenvalue weighted by molar-refractivity contribution is 5.75. The van der Waals surface area contributed by atoms with Crippen LogP contribution in [0.1, 0.15) is 30.3 Å². The second kappa shape index (κ2) is 5.91. The molecule has 0 spiro atoms. The highest BCUT2D eigenvalue weighted by Crippen LogP contribution is 2.15. The predicted octanol–water partition coefficient (Wildman–Crippen LogP) is 4.30. The Morgan fingerprint density at radius 2 is 1.80 bits per heavy atom. The summed E-state index contributed by atoms with van der Waals surface area (Å²) in [7, 11) is 0. The van der Waals surface area contributed by atoms with Crippen LogP contribution in [0.5, 0.6) is 0 Å². The Balaban J connectivity index is 1.66. The highest BCUT2D eigenvalue weighted by atomic mass is 14.9. The van der Waals surface area contributed by atoms with E-state index in [1.807, 2.05) is 0 Å². The minimum absolute atomic E-state index is 1.00. The molecule has 20 heavy (non-hydrogen) atoms. The average Bonchev–Trinajstić information content (AvgIpc) is 2.90. The molecule has 0 amide bonds. The van der Waals surface area contributed by atoms with E-state index >= 15 is 0 Å². The second-order valence-corrected chi connectivity index (χ2v) is 5.23. The van der Waals surface area contributed by atoms with E-state index in [9.17, 15) is 0 Å². The monoisotopic (exact) mass is 264 g/mol. The number of nitrogens with one attached hydrogen (secondary N) is 1. The van der Waals surface area contributed by atoms with E-state index in [0.717, 1.165) is 37.0 Å². The van der Waals surface area contributed by atoms with Gasteiger partial charge in [0.1, 0.15) is 5.82 Å². The van der Waals surface area contributed by atoms with Gasteiger partial charge in [-0.15, -0.1) is 0 Å². The first-order chi connectivity index (χ1) is 9.85. The molecule has 1 N–H and O–H groups in total. The number of hydrogen-bond acceptors (Lipinski definition) is 1. The average molecular weight is 264 g/mol. The van der Waals surface area contributed by atoms with Gasteiger partial charge in [0.15, 0.2) is 0 Å². The van der Waals surface area contributed by atoms with Gasteiger partial charge in [0.2, 0.25) is 0 Å². The summed E-state index contributed by atoms with van der Waals surface area (Å²) >= 11 is 0. The van der Waals surface area contributed by atoms with Crippen LogP contribution < -0.4 is 0 Å². The van der Waals surface area contributed by atoms with Crippen LogP contribution in [0.3, 0.4) is 0 Å². The number of aryl methyl sites for hydroxylation is 3. The first-order valence-corrected chi connectivity index (χ1v) is 7.36. The molecule has 2 heteroatoms. The summed E-state index contributed by atoms with van der Waals surface area (Å²) in [5, 5.41) is 0. The summed E-state index contributed by atoms with van der Waals surface area (Å²) in [5.74, 6) is 1.10. The summed E-state index contributed by atoms with van der Waals surface area (Å²) in [6.07, 6.45) is 4.31. The summed E-state index contributed by atoms with van der Waals surface area (Å²) < 4.78 is 0. The van der Waals surface area contributed by atoms with Gasteiger partial charge in [-0.05, 0) is 42.5 Å². The molecule has 0 atom stereocenters. The number of H-pyrrole nitrogens is 1. The Kier molecular flexibility index (Phi) is 3.82. The lowest BCUT2D eigenvalue weighted by molar-refractivity contribution is 0.786. The van der Waals surface area contributed by atoms with E-state index in [-0.39, 0.29) is 0 Å². The maximum absolute atomic E-state index is 4.66. The van der Waals surface area contributed by atoms with E-state index in [4.69, 9.17) is 0 Å². The van der Waals surface area contributed by atoms with Crippen LogP contribution in [0, 0.1) is 0 Å². The van der Waals surface area contributed by atoms with Crippen molar-refractivity contribution in [3.63, 3.8) is 0 Å². The molecule has 0 fully saturated rings. The number of aromatic nitrogens is 2. The summed E-state index contributed by atoms with van der Waals surface area (Å²) in [6, 6.07) is 17.1. The zero-order chi connectivity index (χ0) is 13.8. The summed E-state index contributed by atoms with van der Waals surface area (Å²) in [4.78, 5) is 8.11. The highest BCUT2D eigenvalue weighted by Gasteiger charge is 2.03. The normalized spacial score (nSPS) is 11.1. The second-order valence-electron chi connectivity index (χ2n) is 5.23. The molecule has 0 aliphatic rings. The van der Waals surface area contributed by atoms with Crippen molar-refractivity contribution in [3.05, 3.63) is 65.5 Å². The topological polar surface area (TPSA) is 28.7 Å². The fourth-order valence-corrected chi connectivity index (χ4v) is 2.55. The molecule has 2 aromatic carbocycles. The maximum atomic E-state index is 4.66. The van der Waals surface area contributed by atoms with Gasteiger partial charge in [-0.3, -0.25) is 0 Å². The molecule has 2 nitrogen and oxygen atoms in total. The number of hydrogen-bond donors (Lipinski definition) is 1. The van der Waals surface area contributed by atoms with Gasteiger partial charge in [0.05, 0.1) is 11.0 Å². The van der Waals surface area contributed by atoms with E-state index < -0.39 is 0 Å². The van der Waals surface area contributed by atoms with E-state index in [0.29, 0.717) is 0 Å². The third kappa shape index (κ3) is 2.90. The quantitative estimate of drug-likeness (QED) is 0.731. The summed E-state index contributed by atoms with van der Waals surface area (Å²) in [6.45, 7) is 2.18. The molecule has 102 valence electrons. The molecular weight excluding hydrogens is 244 g/mol. The van der Waals surface area contributed by atoms with Gasteiger partial charge in [0.25, 0.3) is 0 Å². The number of fused-ring (bicyclic) bond motifs is 1. The van der Waals surface area contributed by atoms with Crippen molar-refractivity contribution in [2.24, 2.45) is 0 Å². The van der Waals surface area contributed by atoms with Crippen LogP contribution in [-0.2, 0) is 19.3 Å². The first kappa shape index (κ1) is 12.9. The lowest BCUT2D eigenvalue weighted by atomic mass is 10.1. The fraction of sp³-hybridized carbons (Fsp3) is 0.278. The number of rotatable bonds is 5. The van der Waals surface area contributed by atoms with Crippen molar-refractivity contribution in [1.82, 2.24) is 9.97 Å². The minimum atomic E-state index is 1.00. The van der Waals surface area contributed by atoms with Gasteiger partial charge in [-0.1, -0.05) is 43.3 Å². The molecule has 0 unspecified atom stereocenters. The van der Waals surface area contributed by atoms with Crippen LogP contribution in [0.25, 0.3) is 11.0 Å². The largest absolute Gasteiger partial charge is 0.342 e. The zero-order valence-corrected chi connectivity index (χ0v) is 11.9. The SMILES string of the molecule is CCc1ccc2nc(CCCc3ccccc3)[nH]c2c1. The van der Waals surface area contributed by atoms with Crippen LogP contribution in [0.15, 0.2) is 48.5 Å². The minimum Gasteiger partial charge on any atom is -0.342 e. The molecule has 0 aliphatic heterocycles. The smallest absolute Gasteiger partial charge is 0.107 e. The first-order valence-electron chi connectivity index (χ1n) is 7.36. The van der Waals surface area contributed by atoms with Crippen molar-refractivity contribution < 1.29 is 0 Å². The number of imidazole rings is 1. The maximum Gasteiger partial charge on any atom is 0.107 e. The van der Waals surface area contributed by atoms with E-state index in [2.05, 4.69) is 65.4 Å². The molecular formula is C18H20N2. The van der Waals surface area contributed by atoms with Crippen LogP contribution in [0.2, 0.25) is 0 Å². The van der Waals surface area contributed by atoms with Gasteiger partial charge in [-0.2, -0.15) is 0 Å². The van der Waals surface area contributed by atoms with Crippen molar-refractivity contribution >= 4 is 11.0 Å². The van der Waals surface area contributed by atoms with Gasteiger partial charge in [-0.25, -0.2) is 4.98 Å². The summed E-state index contributed by atoms with van der Waals surface area (Å²) in [5.41, 5.74) is 5.00. The molecule has 0 saturated heterocycles. The third-order valence-electron chi connectivity index (χ3n) is 3.73. The van der Waals surface area contributed by atoms with Crippen molar-refractivity contribution in [2.45, 2.75) is 32.6 Å². The standard InChI is InChI=1S/C18H20N2/c1-2-14-11-12-16-17(13-14)20-18(19-16)10-6-9-15-7-4-3-5-8-15/h3-5,7-8,11-13H,2,6,9-10H2,1H3,(H,19,20). The number of nitrogens with zero attached hydrogens (tertiary/aromatic N) is 1. The Morgan fingerprint density at radius 1 is 0.950 bits per heavy atom. The number of aromatic amines is 1. The molecule has 1 aromatic heterocycles. The van der Waals surface area contributed by atoms with Gasteiger partial charge < -0.3 is 4.98 Å². The van der Waals surface area contributed by atoms with Crippen LogP contribution >= 0.6 is 0 Å². The predicted molar refractivity (Wildman–Crippen MR) is 83.9 cm³/mol. The van der Waals surface area contributed by atoms with Crippen LogP contribution in [0.4, 0.5) is 0 Å². The molecule has 0 radical (unpaired) electrons. The molecule has 0 bridgehead atoms. The lowest BCUT2D eigenvalue weighted by Gasteiger charge is -1.99. The van der Waals surface area contributed by atoms with E-state index in [1.165, 1.54) is 16.6 Å². The molecule has 3 rings (SSSR count). The van der Waals surface area contributed by atoms with Crippen molar-refractivity contribution in [3.8, 4) is 0 Å². The fourth-order valence-electron chi connectivity index (χ4n) is 2.55. The Morgan fingerprint density at radius 3 is 2.60 bits per heavy atom. The third-order valence-corrected chi connectivity index (χ3v) is 3.73. The zero-order valence-electron chi connectivity index (χ0n) is 11.9. The van der Waals surface area contributed by atoms with E-state index in [1.54, 1.807) is 0 Å². The number of benzene rings is 2. The molecule has 3 aromatic rings. The molecule has 0 aliphatic carbocycles. The van der Waals surface area contributed by atoms with Gasteiger partial charge >= 0.3 is 0 Å². The Labute approximate surface area is 119 Å². The lowest BCUT2D eigenvalue weighted by Crippen LogP contribution is -1.91. The Bertz CT molecular complexity index is 683. The van der Waals surface area contributed by atoms with Crippen molar-refractivity contribution in [1.29, 1.82) is 0 Å².